The van der Waals surface area contributed by atoms with Crippen molar-refractivity contribution in [3.63, 3.8) is 0 Å². The van der Waals surface area contributed by atoms with E-state index in [1.54, 1.807) is 4.90 Å². The Morgan fingerprint density at radius 3 is 2.07 bits per heavy atom. The lowest BCUT2D eigenvalue weighted by atomic mass is 10.0. The molecule has 4 aromatic carbocycles. The average molecular weight is 794 g/mol. The van der Waals surface area contributed by atoms with E-state index in [0.717, 1.165) is 46.7 Å². The maximum Gasteiger partial charge on any atom is 0.410 e. The molecule has 2 atom stereocenters. The lowest BCUT2D eigenvalue weighted by Gasteiger charge is -2.24. The zero-order valence-electron chi connectivity index (χ0n) is 33.2. The van der Waals surface area contributed by atoms with E-state index in [9.17, 15) is 19.2 Å². The molecule has 0 aliphatic rings. The molecular weight excluding hydrogens is 739 g/mol. The van der Waals surface area contributed by atoms with Crippen LogP contribution in [0.1, 0.15) is 81.1 Å². The molecule has 58 heavy (non-hydrogen) atoms. The van der Waals surface area contributed by atoms with Gasteiger partial charge < -0.3 is 35.1 Å². The molecule has 308 valence electrons. The molecule has 0 fully saturated rings. The Morgan fingerprint density at radius 1 is 0.707 bits per heavy atom. The maximum absolute atomic E-state index is 13.5. The zero-order chi connectivity index (χ0) is 41.2. The summed E-state index contributed by atoms with van der Waals surface area (Å²) in [6.45, 7) is 3.83. The maximum atomic E-state index is 13.5. The number of rotatable bonds is 25. The fourth-order valence-electron chi connectivity index (χ4n) is 6.06. The van der Waals surface area contributed by atoms with Crippen LogP contribution in [0.3, 0.4) is 0 Å². The van der Waals surface area contributed by atoms with Crippen molar-refractivity contribution in [2.75, 3.05) is 32.7 Å². The minimum Gasteiger partial charge on any atom is -0.445 e. The molecule has 0 aliphatic carbocycles. The van der Waals surface area contributed by atoms with Gasteiger partial charge in [0.1, 0.15) is 13.2 Å². The predicted molar refractivity (Wildman–Crippen MR) is 222 cm³/mol. The molecule has 14 heteroatoms. The van der Waals surface area contributed by atoms with Crippen LogP contribution in [0.25, 0.3) is 21.2 Å². The van der Waals surface area contributed by atoms with E-state index in [1.807, 2.05) is 110 Å². The van der Waals surface area contributed by atoms with E-state index in [0.29, 0.717) is 51.9 Å². The lowest BCUT2D eigenvalue weighted by molar-refractivity contribution is -0.145. The van der Waals surface area contributed by atoms with Gasteiger partial charge >= 0.3 is 12.2 Å². The Balaban J connectivity index is 1.27. The fraction of sp³-hybridized carbons (Fsp3) is 0.409. The van der Waals surface area contributed by atoms with E-state index in [4.69, 9.17) is 19.7 Å². The van der Waals surface area contributed by atoms with Crippen molar-refractivity contribution in [3.8, 4) is 0 Å². The number of fused-ring (bicyclic) bond motifs is 1. The van der Waals surface area contributed by atoms with E-state index < -0.39 is 30.4 Å². The number of amides is 4. The van der Waals surface area contributed by atoms with Gasteiger partial charge in [-0.1, -0.05) is 115 Å². The number of benzene rings is 4. The van der Waals surface area contributed by atoms with Crippen molar-refractivity contribution in [2.24, 2.45) is 5.11 Å². The Morgan fingerprint density at radius 2 is 1.34 bits per heavy atom. The molecule has 3 N–H and O–H groups in total. The highest BCUT2D eigenvalue weighted by atomic mass is 16.6. The van der Waals surface area contributed by atoms with Crippen molar-refractivity contribution < 1.29 is 33.4 Å². The van der Waals surface area contributed by atoms with Crippen molar-refractivity contribution in [1.29, 1.82) is 0 Å². The van der Waals surface area contributed by atoms with Crippen LogP contribution < -0.4 is 16.0 Å². The Bertz CT molecular complexity index is 1910. The second kappa shape index (κ2) is 25.9. The second-order valence-corrected chi connectivity index (χ2v) is 13.8. The van der Waals surface area contributed by atoms with Crippen molar-refractivity contribution in [1.82, 2.24) is 20.9 Å². The summed E-state index contributed by atoms with van der Waals surface area (Å²) in [5, 5.41) is 14.1. The van der Waals surface area contributed by atoms with Crippen LogP contribution in [0.15, 0.2) is 108 Å². The quantitative estimate of drug-likeness (QED) is 0.0198. The van der Waals surface area contributed by atoms with Crippen LogP contribution in [-0.2, 0) is 37.0 Å². The molecule has 0 bridgehead atoms. The summed E-state index contributed by atoms with van der Waals surface area (Å²) < 4.78 is 17.1. The molecular formula is C44H55N7O7. The first-order valence-corrected chi connectivity index (χ1v) is 19.9. The number of hydrogen-bond donors (Lipinski definition) is 3. The third-order valence-electron chi connectivity index (χ3n) is 9.29. The summed E-state index contributed by atoms with van der Waals surface area (Å²) >= 11 is 0. The largest absolute Gasteiger partial charge is 0.445 e. The van der Waals surface area contributed by atoms with Gasteiger partial charge in [-0.05, 0) is 78.1 Å². The highest BCUT2D eigenvalue weighted by Crippen LogP contribution is 2.23. The number of carbonyl (C=O) groups excluding carboxylic acids is 4. The number of nitrogens with one attached hydrogen (secondary N) is 3. The Kier molecular flexibility index (Phi) is 19.9. The van der Waals surface area contributed by atoms with E-state index >= 15 is 0 Å². The number of nitrogens with zero attached hydrogens (tertiary/aromatic N) is 4. The molecule has 0 aromatic heterocycles. The van der Waals surface area contributed by atoms with Crippen LogP contribution in [-0.4, -0.2) is 67.9 Å². The second-order valence-electron chi connectivity index (χ2n) is 13.8. The van der Waals surface area contributed by atoms with Crippen molar-refractivity contribution >= 4 is 34.8 Å². The van der Waals surface area contributed by atoms with Gasteiger partial charge in [-0.3, -0.25) is 9.59 Å². The van der Waals surface area contributed by atoms with Crippen LogP contribution in [0, 0.1) is 0 Å². The van der Waals surface area contributed by atoms with E-state index in [2.05, 4.69) is 26.0 Å². The van der Waals surface area contributed by atoms with E-state index in [-0.39, 0.29) is 32.1 Å². The Labute approximate surface area is 340 Å². The molecule has 0 heterocycles. The molecule has 0 unspecified atom stereocenters. The van der Waals surface area contributed by atoms with Crippen LogP contribution in [0.4, 0.5) is 9.59 Å². The summed E-state index contributed by atoms with van der Waals surface area (Å²) in [5.74, 6) is -0.774. The number of unbranched alkanes of at least 4 members (excludes halogenated alkanes) is 4. The van der Waals surface area contributed by atoms with Gasteiger partial charge in [0, 0.05) is 44.1 Å². The van der Waals surface area contributed by atoms with Crippen molar-refractivity contribution in [2.45, 2.75) is 83.8 Å². The minimum atomic E-state index is -1.23. The summed E-state index contributed by atoms with van der Waals surface area (Å²) in [6, 6.07) is 32.7. The number of alkyl carbamates (subject to hydrolysis) is 1. The first-order chi connectivity index (χ1) is 28.3. The lowest BCUT2D eigenvalue weighted by Crippen LogP contribution is -2.49. The molecule has 4 rings (SSSR count). The first-order valence-electron chi connectivity index (χ1n) is 19.9. The molecule has 0 radical (unpaired) electrons. The normalized spacial score (nSPS) is 11.7. The van der Waals surface area contributed by atoms with Crippen molar-refractivity contribution in [3.05, 3.63) is 130 Å². The average Bonchev–Trinajstić information content (AvgIpc) is 3.25. The van der Waals surface area contributed by atoms with Gasteiger partial charge in [0.2, 0.25) is 12.1 Å². The van der Waals surface area contributed by atoms with Gasteiger partial charge in [0.25, 0.3) is 5.91 Å². The molecule has 0 saturated carbocycles. The summed E-state index contributed by atoms with van der Waals surface area (Å²) in [6.07, 6.45) is 2.02. The third kappa shape index (κ3) is 16.9. The fourth-order valence-corrected chi connectivity index (χ4v) is 6.06. The first kappa shape index (κ1) is 44.6. The van der Waals surface area contributed by atoms with Crippen LogP contribution >= 0.6 is 0 Å². The SMILES string of the molecule is C[C@H](O[C@H](NC(=O)CCCCCCN=[N+]=[N-])C(=O)NCCCCN(CCCNC(=O)OCc1ccccc1)C(=O)OCc1ccccc1)c1ccc2ccccc2c1. The smallest absolute Gasteiger partial charge is 0.410 e. The topological polar surface area (TPSA) is 184 Å². The van der Waals surface area contributed by atoms with Gasteiger partial charge in [-0.2, -0.15) is 0 Å². The number of hydrogen-bond acceptors (Lipinski definition) is 8. The summed E-state index contributed by atoms with van der Waals surface area (Å²) in [5.41, 5.74) is 11.1. The molecule has 4 aromatic rings. The third-order valence-corrected chi connectivity index (χ3v) is 9.29. The van der Waals surface area contributed by atoms with E-state index in [1.165, 1.54) is 0 Å². The molecule has 4 amide bonds. The van der Waals surface area contributed by atoms with Crippen LogP contribution in [0.5, 0.6) is 0 Å². The number of azide groups is 1. The highest BCUT2D eigenvalue weighted by molar-refractivity contribution is 5.86. The molecule has 14 nitrogen and oxygen atoms in total. The minimum absolute atomic E-state index is 0.123. The molecule has 0 spiro atoms. The number of carbonyl (C=O) groups is 4. The van der Waals surface area contributed by atoms with Gasteiger partial charge in [-0.25, -0.2) is 9.59 Å². The standard InChI is InChI=1S/C44H55N7O7/c1-34(38-25-24-37-21-11-12-22-39(37)31-38)58-42(49-40(52)23-10-2-3-13-28-48-50-45)41(53)46-26-14-15-29-51(44(55)57-33-36-19-8-5-9-20-36)30-16-27-47-43(54)56-32-35-17-6-4-7-18-35/h4-9,11-12,17-22,24-25,31,34,42H,2-3,10,13-16,23,26-30,32-33H2,1H3,(H,46,53)(H,47,54)(H,49,52)/t34-,42-/m0/s1. The summed E-state index contributed by atoms with van der Waals surface area (Å²) in [7, 11) is 0. The molecule has 0 aliphatic heterocycles. The van der Waals surface area contributed by atoms with Crippen LogP contribution in [0.2, 0.25) is 0 Å². The Hall–Kier alpha value is -6.11. The number of ether oxygens (including phenoxy) is 3. The zero-order valence-corrected chi connectivity index (χ0v) is 33.2. The monoisotopic (exact) mass is 793 g/mol. The predicted octanol–water partition coefficient (Wildman–Crippen LogP) is 8.47. The van der Waals surface area contributed by atoms with Gasteiger partial charge in [0.05, 0.1) is 6.10 Å². The van der Waals surface area contributed by atoms with Gasteiger partial charge in [0.15, 0.2) is 0 Å². The highest BCUT2D eigenvalue weighted by Gasteiger charge is 2.24. The summed E-state index contributed by atoms with van der Waals surface area (Å²) in [4.78, 5) is 56.2. The van der Waals surface area contributed by atoms with Gasteiger partial charge in [-0.15, -0.1) is 0 Å². The molecule has 0 saturated heterocycles.